The van der Waals surface area contributed by atoms with Gasteiger partial charge < -0.3 is 9.84 Å². The Morgan fingerprint density at radius 2 is 1.88 bits per heavy atom. The number of hydrogen-bond donors (Lipinski definition) is 2. The molecule has 0 radical (unpaired) electrons. The highest BCUT2D eigenvalue weighted by atomic mass is 35.5. The Labute approximate surface area is 246 Å². The molecule has 222 valence electrons. The van der Waals surface area contributed by atoms with Crippen molar-refractivity contribution in [3.8, 4) is 0 Å². The maximum atomic E-state index is 17.5. The highest BCUT2D eigenvalue weighted by Crippen LogP contribution is 2.70. The minimum atomic E-state index is -2.29. The van der Waals surface area contributed by atoms with E-state index in [1.807, 2.05) is 6.92 Å². The third kappa shape index (κ3) is 4.75. The SMILES string of the molecule is CSC(=O)OCC(=O)[C@H]1[C@H](CN(O)c2ccc(Cl)cc2)C[C@H]2[C@@H]3C[C@H](F)C4=CC(=O)C=C[C@]4(C)[C@@]3(F)[C@@H](O)C[C@@]21C. The Balaban J connectivity index is 1.53. The van der Waals surface area contributed by atoms with E-state index in [0.29, 0.717) is 10.7 Å². The molecule has 2 N–H and O–H groups in total. The fraction of sp³-hybridized carbons (Fsp3) is 0.567. The summed E-state index contributed by atoms with van der Waals surface area (Å²) in [4.78, 5) is 37.7. The second-order valence-corrected chi connectivity index (χ2v) is 13.4. The molecular weight excluding hydrogens is 576 g/mol. The van der Waals surface area contributed by atoms with E-state index < -0.39 is 75.9 Å². The molecule has 7 nitrogen and oxygen atoms in total. The van der Waals surface area contributed by atoms with E-state index >= 15 is 8.78 Å². The Morgan fingerprint density at radius 3 is 2.54 bits per heavy atom. The molecule has 0 heterocycles. The summed E-state index contributed by atoms with van der Waals surface area (Å²) in [5.74, 6) is -3.65. The van der Waals surface area contributed by atoms with Crippen LogP contribution in [0.3, 0.4) is 0 Å². The van der Waals surface area contributed by atoms with E-state index in [-0.39, 0.29) is 31.4 Å². The number of ketones is 2. The molecule has 0 unspecified atom stereocenters. The minimum Gasteiger partial charge on any atom is -0.450 e. The van der Waals surface area contributed by atoms with Gasteiger partial charge in [-0.15, -0.1) is 0 Å². The summed E-state index contributed by atoms with van der Waals surface area (Å²) >= 11 is 6.82. The standard InChI is InChI=1S/C30H34ClF2NO6S/c1-28-13-25(37)30(33)21(12-23(32)22-11-19(35)8-9-29(22,30)2)20(28)10-16(26(28)24(36)15-40-27(38)41-3)14-34(39)18-6-4-17(31)5-7-18/h4-9,11,16,20-21,23,25-26,37,39H,10,12-15H2,1-3H3/t16-,20-,21-,23-,25-,26+,28-,29-,30-/m0/s1. The van der Waals surface area contributed by atoms with Gasteiger partial charge in [0.15, 0.2) is 23.8 Å². The van der Waals surface area contributed by atoms with Crippen LogP contribution in [-0.2, 0) is 14.3 Å². The van der Waals surface area contributed by atoms with Crippen molar-refractivity contribution in [1.82, 2.24) is 0 Å². The van der Waals surface area contributed by atoms with Crippen LogP contribution < -0.4 is 5.06 Å². The number of ether oxygens (including phenoxy) is 1. The molecular formula is C30H34ClF2NO6S. The first-order valence-corrected chi connectivity index (χ1v) is 15.3. The third-order valence-corrected chi connectivity index (χ3v) is 10.9. The van der Waals surface area contributed by atoms with Gasteiger partial charge in [-0.25, -0.2) is 13.6 Å². The second-order valence-electron chi connectivity index (χ2n) is 12.2. The van der Waals surface area contributed by atoms with Crippen LogP contribution in [0.4, 0.5) is 19.3 Å². The van der Waals surface area contributed by atoms with E-state index in [2.05, 4.69) is 0 Å². The monoisotopic (exact) mass is 609 g/mol. The van der Waals surface area contributed by atoms with Crippen LogP contribution in [0.1, 0.15) is 33.1 Å². The molecule has 4 aliphatic rings. The smallest absolute Gasteiger partial charge is 0.367 e. The molecule has 9 atom stereocenters. The first-order valence-electron chi connectivity index (χ1n) is 13.7. The number of Topliss-reactive ketones (excluding diaryl/α,β-unsaturated/α-hetero) is 1. The molecule has 4 aliphatic carbocycles. The van der Waals surface area contributed by atoms with Crippen molar-refractivity contribution in [3.05, 3.63) is 53.1 Å². The van der Waals surface area contributed by atoms with Crippen molar-refractivity contribution in [2.75, 3.05) is 24.5 Å². The molecule has 3 saturated carbocycles. The second kappa shape index (κ2) is 10.8. The van der Waals surface area contributed by atoms with Crippen LogP contribution in [0.15, 0.2) is 48.1 Å². The summed E-state index contributed by atoms with van der Waals surface area (Å²) in [6.45, 7) is 2.83. The highest BCUT2D eigenvalue weighted by Gasteiger charge is 2.73. The summed E-state index contributed by atoms with van der Waals surface area (Å²) < 4.78 is 38.4. The van der Waals surface area contributed by atoms with Crippen molar-refractivity contribution in [1.29, 1.82) is 0 Å². The Kier molecular flexibility index (Phi) is 7.94. The number of carbonyl (C=O) groups excluding carboxylic acids is 3. The number of aliphatic hydroxyl groups is 1. The number of nitrogens with zero attached hydrogens (tertiary/aromatic N) is 1. The van der Waals surface area contributed by atoms with Crippen LogP contribution in [-0.4, -0.2) is 64.5 Å². The summed E-state index contributed by atoms with van der Waals surface area (Å²) in [7, 11) is 0. The van der Waals surface area contributed by atoms with Gasteiger partial charge in [0, 0.05) is 28.8 Å². The Morgan fingerprint density at radius 1 is 1.20 bits per heavy atom. The molecule has 0 bridgehead atoms. The van der Waals surface area contributed by atoms with Crippen molar-refractivity contribution in [2.45, 2.75) is 51.1 Å². The largest absolute Gasteiger partial charge is 0.450 e. The highest BCUT2D eigenvalue weighted by molar-refractivity contribution is 8.12. The van der Waals surface area contributed by atoms with E-state index in [0.717, 1.165) is 22.9 Å². The van der Waals surface area contributed by atoms with Gasteiger partial charge in [0.1, 0.15) is 6.17 Å². The average Bonchev–Trinajstić information content (AvgIpc) is 3.21. The van der Waals surface area contributed by atoms with Gasteiger partial charge in [0.2, 0.25) is 0 Å². The minimum absolute atomic E-state index is 0.00141. The molecule has 0 aromatic heterocycles. The Bertz CT molecular complexity index is 1310. The van der Waals surface area contributed by atoms with Crippen LogP contribution in [0.25, 0.3) is 0 Å². The molecule has 11 heteroatoms. The first-order chi connectivity index (χ1) is 19.3. The zero-order valence-electron chi connectivity index (χ0n) is 23.1. The van der Waals surface area contributed by atoms with Gasteiger partial charge >= 0.3 is 5.30 Å². The van der Waals surface area contributed by atoms with Crippen molar-refractivity contribution in [2.24, 2.45) is 34.5 Å². The van der Waals surface area contributed by atoms with Gasteiger partial charge in [-0.1, -0.05) is 24.6 Å². The number of thioether (sulfide) groups is 1. The van der Waals surface area contributed by atoms with Gasteiger partial charge in [-0.2, -0.15) is 0 Å². The molecule has 0 saturated heterocycles. The topological polar surface area (TPSA) is 104 Å². The number of aliphatic hydroxyl groups excluding tert-OH is 1. The zero-order chi connectivity index (χ0) is 29.9. The van der Waals surface area contributed by atoms with Crippen LogP contribution in [0, 0.1) is 34.5 Å². The lowest BCUT2D eigenvalue weighted by Crippen LogP contribution is -2.68. The molecule has 0 aliphatic heterocycles. The lowest BCUT2D eigenvalue weighted by Gasteiger charge is -2.62. The first kappa shape index (κ1) is 30.2. The summed E-state index contributed by atoms with van der Waals surface area (Å²) in [6, 6.07) is 6.48. The molecule has 0 spiro atoms. The number of hydroxylamine groups is 1. The number of rotatable bonds is 6. The number of fused-ring (bicyclic) bond motifs is 5. The predicted octanol–water partition coefficient (Wildman–Crippen LogP) is 5.77. The normalized spacial score (nSPS) is 39.3. The number of carbonyl (C=O) groups is 3. The van der Waals surface area contributed by atoms with E-state index in [9.17, 15) is 24.7 Å². The number of hydrogen-bond acceptors (Lipinski definition) is 8. The zero-order valence-corrected chi connectivity index (χ0v) is 24.6. The van der Waals surface area contributed by atoms with Crippen molar-refractivity contribution < 1.29 is 38.2 Å². The fourth-order valence-corrected chi connectivity index (χ4v) is 8.72. The van der Waals surface area contributed by atoms with Crippen LogP contribution in [0.2, 0.25) is 5.02 Å². The van der Waals surface area contributed by atoms with Crippen molar-refractivity contribution in [3.63, 3.8) is 0 Å². The lowest BCUT2D eigenvalue weighted by atomic mass is 9.45. The Hall–Kier alpha value is -2.27. The van der Waals surface area contributed by atoms with Crippen LogP contribution >= 0.6 is 23.4 Å². The maximum Gasteiger partial charge on any atom is 0.367 e. The van der Waals surface area contributed by atoms with Gasteiger partial charge in [-0.05, 0) is 103 Å². The maximum absolute atomic E-state index is 17.5. The lowest BCUT2D eigenvalue weighted by molar-refractivity contribution is -0.202. The number of anilines is 1. The van der Waals surface area contributed by atoms with Crippen molar-refractivity contribution >= 4 is 45.9 Å². The summed E-state index contributed by atoms with van der Waals surface area (Å²) in [5.41, 5.74) is -4.33. The quantitative estimate of drug-likeness (QED) is 0.310. The van der Waals surface area contributed by atoms with Gasteiger partial charge in [0.05, 0.1) is 11.8 Å². The van der Waals surface area contributed by atoms with Gasteiger partial charge in [-0.3, -0.25) is 19.9 Å². The molecule has 5 rings (SSSR count). The number of alkyl halides is 2. The molecule has 1 aromatic rings. The average molecular weight is 610 g/mol. The number of allylic oxidation sites excluding steroid dienone is 4. The molecule has 41 heavy (non-hydrogen) atoms. The van der Waals surface area contributed by atoms with Crippen LogP contribution in [0.5, 0.6) is 0 Å². The molecule has 3 fully saturated rings. The van der Waals surface area contributed by atoms with E-state index in [4.69, 9.17) is 16.3 Å². The van der Waals surface area contributed by atoms with E-state index in [1.54, 1.807) is 24.3 Å². The fourth-order valence-electron chi connectivity index (χ4n) is 8.42. The molecule has 1 aromatic carbocycles. The molecule has 0 amide bonds. The number of benzene rings is 1. The van der Waals surface area contributed by atoms with Gasteiger partial charge in [0.25, 0.3) is 0 Å². The third-order valence-electron chi connectivity index (χ3n) is 10.2. The number of halogens is 3. The van der Waals surface area contributed by atoms with E-state index in [1.165, 1.54) is 25.3 Å². The summed E-state index contributed by atoms with van der Waals surface area (Å²) in [5, 5.41) is 23.4. The summed E-state index contributed by atoms with van der Waals surface area (Å²) in [6.07, 6.45) is 2.05. The predicted molar refractivity (Wildman–Crippen MR) is 151 cm³/mol.